The van der Waals surface area contributed by atoms with Gasteiger partial charge in [-0.05, 0) is 117 Å². The molecule has 0 bridgehead atoms. The topological polar surface area (TPSA) is 132 Å². The molecule has 3 aromatic carbocycles. The van der Waals surface area contributed by atoms with Crippen LogP contribution in [-0.4, -0.2) is 111 Å². The van der Waals surface area contributed by atoms with E-state index in [2.05, 4.69) is 55.4 Å². The Kier molecular flexibility index (Phi) is 11.8. The molecule has 5 aliphatic heterocycles. The lowest BCUT2D eigenvalue weighted by molar-refractivity contribution is -0.134. The molecule has 5 saturated heterocycles. The normalized spacial score (nSPS) is 22.7. The van der Waals surface area contributed by atoms with E-state index >= 15 is 4.39 Å². The fraction of sp³-hybridized carbons (Fsp3) is 0.489. The summed E-state index contributed by atoms with van der Waals surface area (Å²) in [7, 11) is 0. The third-order valence-electron chi connectivity index (χ3n) is 13.4. The minimum Gasteiger partial charge on any atom is -0.371 e. The van der Waals surface area contributed by atoms with Gasteiger partial charge in [0.25, 0.3) is 11.8 Å². The maximum absolute atomic E-state index is 15.1. The maximum atomic E-state index is 15.1. The van der Waals surface area contributed by atoms with Crippen molar-refractivity contribution >= 4 is 52.3 Å². The van der Waals surface area contributed by atoms with Gasteiger partial charge in [0, 0.05) is 101 Å². The van der Waals surface area contributed by atoms with Crippen LogP contribution in [0.1, 0.15) is 78.1 Å². The number of hydrogen-bond acceptors (Lipinski definition) is 9. The molecule has 12 nitrogen and oxygen atoms in total. The molecule has 2 N–H and O–H groups in total. The molecule has 0 aliphatic carbocycles. The average molecular weight is 823 g/mol. The molecule has 5 heterocycles. The summed E-state index contributed by atoms with van der Waals surface area (Å²) >= 11 is 6.38. The molecule has 59 heavy (non-hydrogen) atoms. The fourth-order valence-corrected chi connectivity index (χ4v) is 10.1. The molecule has 2 atom stereocenters. The molecule has 4 amide bonds. The first-order valence-corrected chi connectivity index (χ1v) is 21.4. The molecule has 1 spiro atoms. The quantitative estimate of drug-likeness (QED) is 0.285. The van der Waals surface area contributed by atoms with Gasteiger partial charge in [-0.15, -0.1) is 0 Å². The van der Waals surface area contributed by atoms with Crippen LogP contribution in [0.3, 0.4) is 0 Å². The van der Waals surface area contributed by atoms with Crippen LogP contribution in [0.25, 0.3) is 0 Å². The Bertz CT molecular complexity index is 2120. The number of likely N-dealkylation sites (tertiary alicyclic amines) is 1. The number of nitriles is 1. The lowest BCUT2D eigenvalue weighted by Crippen LogP contribution is -2.52. The Hall–Kier alpha value is -5.19. The van der Waals surface area contributed by atoms with Crippen LogP contribution in [0.5, 0.6) is 0 Å². The van der Waals surface area contributed by atoms with Crippen molar-refractivity contribution in [1.29, 1.82) is 5.26 Å². The van der Waals surface area contributed by atoms with Gasteiger partial charge >= 0.3 is 0 Å². The van der Waals surface area contributed by atoms with Crippen molar-refractivity contribution in [3.05, 3.63) is 88.2 Å². The molecular formula is C45H52ClFN8O4. The van der Waals surface area contributed by atoms with E-state index in [1.54, 1.807) is 6.07 Å². The highest BCUT2D eigenvalue weighted by Gasteiger charge is 2.44. The van der Waals surface area contributed by atoms with Gasteiger partial charge in [0.05, 0.1) is 16.1 Å². The largest absolute Gasteiger partial charge is 0.371 e. The second-order valence-corrected chi connectivity index (χ2v) is 17.6. The summed E-state index contributed by atoms with van der Waals surface area (Å²) in [6.07, 6.45) is 5.59. The van der Waals surface area contributed by atoms with Gasteiger partial charge in [-0.3, -0.25) is 29.4 Å². The smallest absolute Gasteiger partial charge is 0.254 e. The number of nitrogens with one attached hydrogen (secondary N) is 2. The Balaban J connectivity index is 0.757. The second kappa shape index (κ2) is 17.2. The van der Waals surface area contributed by atoms with Crippen molar-refractivity contribution in [2.24, 2.45) is 11.3 Å². The lowest BCUT2D eigenvalue weighted by atomic mass is 9.76. The average Bonchev–Trinajstić information content (AvgIpc) is 3.57. The molecule has 0 unspecified atom stereocenters. The molecule has 0 aromatic heterocycles. The number of carbonyl (C=O) groups excluding carboxylic acids is 4. The first-order chi connectivity index (χ1) is 28.5. The van der Waals surface area contributed by atoms with Crippen LogP contribution in [0, 0.1) is 28.5 Å². The molecule has 0 saturated carbocycles. The van der Waals surface area contributed by atoms with Crippen molar-refractivity contribution in [3.63, 3.8) is 0 Å². The third-order valence-corrected chi connectivity index (χ3v) is 13.7. The number of benzene rings is 3. The molecule has 14 heteroatoms. The van der Waals surface area contributed by atoms with Gasteiger partial charge in [-0.1, -0.05) is 11.6 Å². The van der Waals surface area contributed by atoms with Crippen molar-refractivity contribution in [3.8, 4) is 6.07 Å². The maximum Gasteiger partial charge on any atom is 0.254 e. The Morgan fingerprint density at radius 1 is 0.881 bits per heavy atom. The van der Waals surface area contributed by atoms with Crippen LogP contribution in [0.15, 0.2) is 60.7 Å². The first-order valence-electron chi connectivity index (χ1n) is 21.0. The summed E-state index contributed by atoms with van der Waals surface area (Å²) in [5.41, 5.74) is 4.32. The summed E-state index contributed by atoms with van der Waals surface area (Å²) in [4.78, 5) is 61.1. The molecule has 0 radical (unpaired) electrons. The number of hydrogen-bond donors (Lipinski definition) is 2. The van der Waals surface area contributed by atoms with Crippen LogP contribution in [0.4, 0.5) is 21.5 Å². The summed E-state index contributed by atoms with van der Waals surface area (Å²) in [6.45, 7) is 10.8. The van der Waals surface area contributed by atoms with Gasteiger partial charge in [0.2, 0.25) is 11.8 Å². The highest BCUT2D eigenvalue weighted by molar-refractivity contribution is 6.32. The van der Waals surface area contributed by atoms with Gasteiger partial charge in [-0.2, -0.15) is 5.26 Å². The van der Waals surface area contributed by atoms with E-state index in [0.29, 0.717) is 28.2 Å². The molecule has 5 fully saturated rings. The van der Waals surface area contributed by atoms with Crippen LogP contribution < -0.4 is 25.3 Å². The molecule has 5 aliphatic rings. The number of piperazine rings is 1. The summed E-state index contributed by atoms with van der Waals surface area (Å²) in [6, 6.07) is 20.2. The Morgan fingerprint density at radius 3 is 2.22 bits per heavy atom. The van der Waals surface area contributed by atoms with Gasteiger partial charge < -0.3 is 24.9 Å². The molecule has 8 rings (SSSR count). The highest BCUT2D eigenvalue weighted by Crippen LogP contribution is 2.46. The van der Waals surface area contributed by atoms with Crippen LogP contribution in [-0.2, 0) is 9.59 Å². The summed E-state index contributed by atoms with van der Waals surface area (Å²) in [5, 5.41) is 14.5. The van der Waals surface area contributed by atoms with Crippen LogP contribution in [0.2, 0.25) is 5.02 Å². The lowest BCUT2D eigenvalue weighted by Gasteiger charge is -2.40. The van der Waals surface area contributed by atoms with E-state index in [1.165, 1.54) is 12.1 Å². The number of nitrogens with zero attached hydrogens (tertiary/aromatic N) is 6. The predicted molar refractivity (Wildman–Crippen MR) is 225 cm³/mol. The van der Waals surface area contributed by atoms with Gasteiger partial charge in [0.15, 0.2) is 0 Å². The monoisotopic (exact) mass is 822 g/mol. The van der Waals surface area contributed by atoms with Crippen molar-refractivity contribution in [2.75, 3.05) is 80.1 Å². The number of amides is 4. The van der Waals surface area contributed by atoms with Crippen molar-refractivity contribution < 1.29 is 23.6 Å². The van der Waals surface area contributed by atoms with E-state index in [0.717, 1.165) is 114 Å². The van der Waals surface area contributed by atoms with Crippen molar-refractivity contribution in [1.82, 2.24) is 20.4 Å². The number of carbonyl (C=O) groups is 4. The van der Waals surface area contributed by atoms with E-state index in [9.17, 15) is 24.4 Å². The zero-order valence-electron chi connectivity index (χ0n) is 33.6. The minimum absolute atomic E-state index is 0.0934. The zero-order valence-corrected chi connectivity index (χ0v) is 34.4. The second-order valence-electron chi connectivity index (χ2n) is 17.2. The van der Waals surface area contributed by atoms with E-state index in [-0.39, 0.29) is 35.6 Å². The first kappa shape index (κ1) is 40.6. The predicted octanol–water partition coefficient (Wildman–Crippen LogP) is 5.45. The summed E-state index contributed by atoms with van der Waals surface area (Å²) in [5.74, 6) is -1.68. The van der Waals surface area contributed by atoms with E-state index in [4.69, 9.17) is 11.6 Å². The Morgan fingerprint density at radius 2 is 1.56 bits per heavy atom. The third kappa shape index (κ3) is 8.89. The van der Waals surface area contributed by atoms with Crippen molar-refractivity contribution in [2.45, 2.75) is 64.0 Å². The fourth-order valence-electron chi connectivity index (χ4n) is 9.86. The number of halogens is 2. The number of piperidine rings is 3. The van der Waals surface area contributed by atoms with E-state index in [1.807, 2.05) is 35.2 Å². The summed E-state index contributed by atoms with van der Waals surface area (Å²) < 4.78 is 15.1. The molecular weight excluding hydrogens is 771 g/mol. The standard InChI is InChI=1S/C45H52ClFN8O4/c1-30-26-45(29-55(30)36-7-4-33(27-48)38(46)24-36)14-18-52(19-15-45)34-5-2-32(3-6-34)44(59)54-16-12-31(13-17-54)28-51-20-22-53(23-21-51)35-8-9-37(39(47)25-35)42(57)49-40-10-11-41(56)50-43(40)58/h2-9,24-25,30-31,40H,10-23,26,28-29H2,1H3,(H,49,57)(H,50,56,58)/t30-,40-/m0/s1. The van der Waals surface area contributed by atoms with Gasteiger partial charge in [-0.25, -0.2) is 4.39 Å². The minimum atomic E-state index is -0.864. The molecule has 310 valence electrons. The zero-order chi connectivity index (χ0) is 41.3. The molecule has 3 aromatic rings. The number of imide groups is 1. The van der Waals surface area contributed by atoms with Crippen LogP contribution >= 0.6 is 11.6 Å². The Labute approximate surface area is 350 Å². The van der Waals surface area contributed by atoms with Gasteiger partial charge in [0.1, 0.15) is 17.9 Å². The number of anilines is 3. The van der Waals surface area contributed by atoms with E-state index < -0.39 is 23.7 Å². The number of rotatable bonds is 8. The highest BCUT2D eigenvalue weighted by atomic mass is 35.5. The SMILES string of the molecule is C[C@H]1CC2(CCN(c3ccc(C(=O)N4CCC(CN5CCN(c6ccc(C(=O)N[C@H]7CCC(=O)NC7=O)c(F)c6)CC5)CC4)cc3)CC2)CN1c1ccc(C#N)c(Cl)c1.